The van der Waals surface area contributed by atoms with E-state index in [9.17, 15) is 22.4 Å². The van der Waals surface area contributed by atoms with Crippen molar-refractivity contribution >= 4 is 10.0 Å². The van der Waals surface area contributed by atoms with Crippen LogP contribution >= 0.6 is 0 Å². The Labute approximate surface area is 125 Å². The molecule has 2 aromatic rings. The van der Waals surface area contributed by atoms with E-state index in [1.54, 1.807) is 6.07 Å². The van der Waals surface area contributed by atoms with Gasteiger partial charge in [0.2, 0.25) is 10.0 Å². The Kier molecular flexibility index (Phi) is 4.29. The Morgan fingerprint density at radius 1 is 1.18 bits per heavy atom. The molecule has 2 rings (SSSR count). The molecule has 118 valence electrons. The normalized spacial score (nSPS) is 11.6. The third-order valence-corrected chi connectivity index (χ3v) is 4.50. The van der Waals surface area contributed by atoms with Crippen molar-refractivity contribution < 1.29 is 12.8 Å². The van der Waals surface area contributed by atoms with Gasteiger partial charge in [-0.3, -0.25) is 9.36 Å². The highest BCUT2D eigenvalue weighted by Crippen LogP contribution is 2.08. The molecule has 0 fully saturated rings. The summed E-state index contributed by atoms with van der Waals surface area (Å²) >= 11 is 0. The van der Waals surface area contributed by atoms with Gasteiger partial charge in [-0.15, -0.1) is 0 Å². The van der Waals surface area contributed by atoms with Gasteiger partial charge in [0.1, 0.15) is 5.82 Å². The first kappa shape index (κ1) is 16.1. The molecule has 0 spiro atoms. The van der Waals surface area contributed by atoms with E-state index in [0.29, 0.717) is 4.57 Å². The molecule has 0 saturated carbocycles. The standard InChI is InChI=1S/C13H14FN3O4S/c1-16-8-11(12(18)17(2)13(16)19)22(20,21)15-7-9-5-3-4-6-10(9)14/h3-6,8,15H,7H2,1-2H3. The zero-order chi connectivity index (χ0) is 16.5. The molecule has 0 aliphatic rings. The quantitative estimate of drug-likeness (QED) is 0.835. The van der Waals surface area contributed by atoms with Gasteiger partial charge in [-0.1, -0.05) is 18.2 Å². The van der Waals surface area contributed by atoms with E-state index >= 15 is 0 Å². The maximum atomic E-state index is 13.5. The van der Waals surface area contributed by atoms with Crippen LogP contribution in [0.25, 0.3) is 0 Å². The van der Waals surface area contributed by atoms with E-state index in [1.807, 2.05) is 0 Å². The molecule has 0 aliphatic heterocycles. The maximum Gasteiger partial charge on any atom is 0.330 e. The summed E-state index contributed by atoms with van der Waals surface area (Å²) in [6, 6.07) is 5.68. The van der Waals surface area contributed by atoms with Gasteiger partial charge in [-0.05, 0) is 6.07 Å². The molecular formula is C13H14FN3O4S. The van der Waals surface area contributed by atoms with Crippen LogP contribution in [0.15, 0.2) is 44.9 Å². The van der Waals surface area contributed by atoms with Crippen LogP contribution in [0, 0.1) is 5.82 Å². The van der Waals surface area contributed by atoms with Gasteiger partial charge >= 0.3 is 5.69 Å². The average Bonchev–Trinajstić information content (AvgIpc) is 2.48. The van der Waals surface area contributed by atoms with E-state index < -0.39 is 32.0 Å². The van der Waals surface area contributed by atoms with E-state index in [1.165, 1.54) is 32.3 Å². The molecule has 0 radical (unpaired) electrons. The molecule has 9 heteroatoms. The predicted molar refractivity (Wildman–Crippen MR) is 77.3 cm³/mol. The van der Waals surface area contributed by atoms with Crippen LogP contribution in [0.5, 0.6) is 0 Å². The lowest BCUT2D eigenvalue weighted by Crippen LogP contribution is -2.41. The molecule has 7 nitrogen and oxygen atoms in total. The fraction of sp³-hybridized carbons (Fsp3) is 0.231. The third-order valence-electron chi connectivity index (χ3n) is 3.11. The fourth-order valence-electron chi connectivity index (χ4n) is 1.85. The average molecular weight is 327 g/mol. The van der Waals surface area contributed by atoms with Crippen molar-refractivity contribution in [3.63, 3.8) is 0 Å². The smallest absolute Gasteiger partial charge is 0.302 e. The fourth-order valence-corrected chi connectivity index (χ4v) is 3.02. The van der Waals surface area contributed by atoms with Gasteiger partial charge in [0, 0.05) is 32.4 Å². The number of sulfonamides is 1. The number of rotatable bonds is 4. The Hall–Kier alpha value is -2.26. The first-order valence-electron chi connectivity index (χ1n) is 6.24. The van der Waals surface area contributed by atoms with Crippen molar-refractivity contribution in [3.05, 3.63) is 62.7 Å². The van der Waals surface area contributed by atoms with Crippen molar-refractivity contribution in [1.29, 1.82) is 0 Å². The summed E-state index contributed by atoms with van der Waals surface area (Å²) in [5.41, 5.74) is -1.44. The predicted octanol–water partition coefficient (Wildman–Crippen LogP) is -0.298. The minimum absolute atomic E-state index is 0.146. The van der Waals surface area contributed by atoms with Crippen LogP contribution in [0.4, 0.5) is 4.39 Å². The van der Waals surface area contributed by atoms with Crippen molar-refractivity contribution in [2.24, 2.45) is 14.1 Å². The Morgan fingerprint density at radius 2 is 1.82 bits per heavy atom. The van der Waals surface area contributed by atoms with Crippen molar-refractivity contribution in [2.45, 2.75) is 11.4 Å². The number of nitrogens with zero attached hydrogens (tertiary/aromatic N) is 2. The summed E-state index contributed by atoms with van der Waals surface area (Å²) in [5, 5.41) is 0. The highest BCUT2D eigenvalue weighted by molar-refractivity contribution is 7.89. The summed E-state index contributed by atoms with van der Waals surface area (Å²) < 4.78 is 41.7. The number of aromatic nitrogens is 2. The summed E-state index contributed by atoms with van der Waals surface area (Å²) in [6.45, 7) is -0.305. The van der Waals surface area contributed by atoms with Crippen LogP contribution in [0.1, 0.15) is 5.56 Å². The molecule has 0 amide bonds. The summed E-state index contributed by atoms with van der Waals surface area (Å²) in [7, 11) is -1.67. The highest BCUT2D eigenvalue weighted by Gasteiger charge is 2.21. The molecule has 0 atom stereocenters. The number of aryl methyl sites for hydroxylation is 1. The second-order valence-corrected chi connectivity index (χ2v) is 6.40. The largest absolute Gasteiger partial charge is 0.330 e. The van der Waals surface area contributed by atoms with Gasteiger partial charge in [0.25, 0.3) is 5.56 Å². The van der Waals surface area contributed by atoms with Crippen LogP contribution in [-0.4, -0.2) is 17.6 Å². The van der Waals surface area contributed by atoms with Gasteiger partial charge in [0.05, 0.1) is 0 Å². The number of benzene rings is 1. The highest BCUT2D eigenvalue weighted by atomic mass is 32.2. The first-order chi connectivity index (χ1) is 10.2. The zero-order valence-corrected chi connectivity index (χ0v) is 12.7. The summed E-state index contributed by atoms with van der Waals surface area (Å²) in [4.78, 5) is 22.9. The summed E-state index contributed by atoms with van der Waals surface area (Å²) in [5.74, 6) is -0.557. The molecule has 1 aromatic carbocycles. The van der Waals surface area contributed by atoms with E-state index in [-0.39, 0.29) is 12.1 Å². The lowest BCUT2D eigenvalue weighted by atomic mass is 10.2. The van der Waals surface area contributed by atoms with Crippen LogP contribution < -0.4 is 16.0 Å². The second kappa shape index (κ2) is 5.85. The number of hydrogen-bond donors (Lipinski definition) is 1. The molecule has 1 heterocycles. The van der Waals surface area contributed by atoms with Gasteiger partial charge < -0.3 is 4.57 Å². The zero-order valence-electron chi connectivity index (χ0n) is 11.9. The molecule has 1 aromatic heterocycles. The molecule has 0 unspecified atom stereocenters. The SMILES string of the molecule is Cn1cc(S(=O)(=O)NCc2ccccc2F)c(=O)n(C)c1=O. The van der Waals surface area contributed by atoms with Gasteiger partial charge in [-0.2, -0.15) is 0 Å². The topological polar surface area (TPSA) is 90.2 Å². The molecule has 1 N–H and O–H groups in total. The van der Waals surface area contributed by atoms with Gasteiger partial charge in [-0.25, -0.2) is 22.3 Å². The molecule has 0 bridgehead atoms. The van der Waals surface area contributed by atoms with E-state index in [0.717, 1.165) is 10.8 Å². The number of hydrogen-bond acceptors (Lipinski definition) is 4. The Balaban J connectivity index is 2.39. The molecule has 0 saturated heterocycles. The lowest BCUT2D eigenvalue weighted by Gasteiger charge is -2.09. The third kappa shape index (κ3) is 3.00. The molecular weight excluding hydrogens is 313 g/mol. The van der Waals surface area contributed by atoms with E-state index in [2.05, 4.69) is 4.72 Å². The van der Waals surface area contributed by atoms with Gasteiger partial charge in [0.15, 0.2) is 4.90 Å². The van der Waals surface area contributed by atoms with Crippen molar-refractivity contribution in [1.82, 2.24) is 13.9 Å². The van der Waals surface area contributed by atoms with Crippen molar-refractivity contribution in [2.75, 3.05) is 0 Å². The molecule has 22 heavy (non-hydrogen) atoms. The minimum atomic E-state index is -4.18. The lowest BCUT2D eigenvalue weighted by molar-refractivity contribution is 0.565. The first-order valence-corrected chi connectivity index (χ1v) is 7.72. The number of nitrogens with one attached hydrogen (secondary N) is 1. The van der Waals surface area contributed by atoms with Crippen molar-refractivity contribution in [3.8, 4) is 0 Å². The van der Waals surface area contributed by atoms with Crippen LogP contribution in [0.3, 0.4) is 0 Å². The monoisotopic (exact) mass is 327 g/mol. The number of halogens is 1. The van der Waals surface area contributed by atoms with Crippen LogP contribution in [-0.2, 0) is 30.7 Å². The molecule has 0 aliphatic carbocycles. The second-order valence-electron chi connectivity index (χ2n) is 4.67. The maximum absolute atomic E-state index is 13.5. The minimum Gasteiger partial charge on any atom is -0.302 e. The Bertz CT molecular complexity index is 931. The summed E-state index contributed by atoms with van der Waals surface area (Å²) in [6.07, 6.45) is 0.939. The van der Waals surface area contributed by atoms with E-state index in [4.69, 9.17) is 0 Å². The van der Waals surface area contributed by atoms with Crippen LogP contribution in [0.2, 0.25) is 0 Å². The Morgan fingerprint density at radius 3 is 2.45 bits per heavy atom.